The van der Waals surface area contributed by atoms with Gasteiger partial charge in [-0.2, -0.15) is 5.26 Å². The topological polar surface area (TPSA) is 134 Å². The minimum atomic E-state index is 0.0554. The van der Waals surface area contributed by atoms with Gasteiger partial charge in [0.05, 0.1) is 44.8 Å². The maximum Gasteiger partial charge on any atom is 0.227 e. The minimum absolute atomic E-state index is 0.0554. The molecule has 1 aliphatic rings. The van der Waals surface area contributed by atoms with Gasteiger partial charge in [-0.05, 0) is 36.4 Å². The Morgan fingerprint density at radius 2 is 1.89 bits per heavy atom. The molecule has 0 atom stereocenters. The molecule has 10 nitrogen and oxygen atoms in total. The van der Waals surface area contributed by atoms with Crippen LogP contribution in [0.4, 0.5) is 11.6 Å². The minimum Gasteiger partial charge on any atom is -0.493 e. The van der Waals surface area contributed by atoms with Crippen molar-refractivity contribution in [2.45, 2.75) is 18.9 Å². The highest BCUT2D eigenvalue weighted by Gasteiger charge is 2.17. The summed E-state index contributed by atoms with van der Waals surface area (Å²) in [5.74, 6) is 2.15. The van der Waals surface area contributed by atoms with Crippen molar-refractivity contribution in [2.75, 3.05) is 52.0 Å². The normalized spacial score (nSPS) is 13.5. The van der Waals surface area contributed by atoms with Crippen molar-refractivity contribution in [3.05, 3.63) is 54.2 Å². The Bertz CT molecular complexity index is 1210. The predicted octanol–water partition coefficient (Wildman–Crippen LogP) is 3.68. The molecule has 37 heavy (non-hydrogen) atoms. The van der Waals surface area contributed by atoms with E-state index in [2.05, 4.69) is 21.4 Å². The van der Waals surface area contributed by atoms with E-state index in [0.717, 1.165) is 24.1 Å². The van der Waals surface area contributed by atoms with Crippen LogP contribution in [0.3, 0.4) is 0 Å². The van der Waals surface area contributed by atoms with Gasteiger partial charge in [0, 0.05) is 42.9 Å². The average Bonchev–Trinajstić information content (AvgIpc) is 2.94. The molecule has 2 heterocycles. The van der Waals surface area contributed by atoms with Gasteiger partial charge in [0.2, 0.25) is 5.95 Å². The Kier molecular flexibility index (Phi) is 9.48. The van der Waals surface area contributed by atoms with E-state index in [1.807, 2.05) is 30.3 Å². The molecule has 194 valence electrons. The quantitative estimate of drug-likeness (QED) is 0.351. The van der Waals surface area contributed by atoms with Crippen LogP contribution < -0.4 is 25.3 Å². The van der Waals surface area contributed by atoms with Crippen molar-refractivity contribution in [3.8, 4) is 34.6 Å². The highest BCUT2D eigenvalue weighted by Crippen LogP contribution is 2.32. The molecule has 1 aromatic heterocycles. The van der Waals surface area contributed by atoms with E-state index < -0.39 is 0 Å². The number of hydrogen-bond acceptors (Lipinski definition) is 10. The summed E-state index contributed by atoms with van der Waals surface area (Å²) in [6.45, 7) is 3.15. The second kappa shape index (κ2) is 13.4. The third-order valence-corrected chi connectivity index (χ3v) is 5.68. The molecular weight excluding hydrogens is 474 g/mol. The molecule has 1 fully saturated rings. The van der Waals surface area contributed by atoms with Crippen LogP contribution in [0.15, 0.2) is 48.7 Å². The number of anilines is 2. The monoisotopic (exact) mass is 505 g/mol. The van der Waals surface area contributed by atoms with Crippen molar-refractivity contribution in [2.24, 2.45) is 5.73 Å². The number of ether oxygens (including phenoxy) is 5. The fourth-order valence-corrected chi connectivity index (χ4v) is 3.82. The molecule has 0 bridgehead atoms. The van der Waals surface area contributed by atoms with Gasteiger partial charge in [0.1, 0.15) is 24.5 Å². The molecule has 0 aliphatic carbocycles. The van der Waals surface area contributed by atoms with E-state index in [1.165, 1.54) is 0 Å². The number of nitriles is 1. The molecule has 0 unspecified atom stereocenters. The summed E-state index contributed by atoms with van der Waals surface area (Å²) in [5, 5.41) is 12.9. The third kappa shape index (κ3) is 7.30. The fraction of sp³-hybridized carbons (Fsp3) is 0.370. The zero-order valence-electron chi connectivity index (χ0n) is 20.8. The summed E-state index contributed by atoms with van der Waals surface area (Å²) >= 11 is 0. The molecule has 3 aromatic rings. The van der Waals surface area contributed by atoms with Gasteiger partial charge in [-0.1, -0.05) is 0 Å². The first-order valence-electron chi connectivity index (χ1n) is 12.2. The lowest BCUT2D eigenvalue weighted by Crippen LogP contribution is -2.26. The van der Waals surface area contributed by atoms with Crippen LogP contribution in [-0.2, 0) is 9.47 Å². The largest absolute Gasteiger partial charge is 0.493 e. The summed E-state index contributed by atoms with van der Waals surface area (Å²) < 4.78 is 28.0. The van der Waals surface area contributed by atoms with Crippen LogP contribution in [0, 0.1) is 11.3 Å². The van der Waals surface area contributed by atoms with Crippen LogP contribution in [0.2, 0.25) is 0 Å². The van der Waals surface area contributed by atoms with Gasteiger partial charge >= 0.3 is 0 Å². The van der Waals surface area contributed by atoms with Crippen LogP contribution >= 0.6 is 0 Å². The van der Waals surface area contributed by atoms with Crippen molar-refractivity contribution in [1.82, 2.24) is 9.97 Å². The van der Waals surface area contributed by atoms with Gasteiger partial charge in [-0.3, -0.25) is 0 Å². The van der Waals surface area contributed by atoms with Crippen molar-refractivity contribution < 1.29 is 23.7 Å². The SMILES string of the molecule is COc1cc(Nc2nccc(-c3ccc(OC4CCOCC4)c(C#N)c3)n2)ccc1OCCOCCN. The van der Waals surface area contributed by atoms with E-state index in [1.54, 1.807) is 25.4 Å². The smallest absolute Gasteiger partial charge is 0.227 e. The number of benzene rings is 2. The highest BCUT2D eigenvalue weighted by molar-refractivity contribution is 5.66. The van der Waals surface area contributed by atoms with Crippen LogP contribution in [0.25, 0.3) is 11.3 Å². The first kappa shape index (κ1) is 26.2. The molecule has 2 aromatic carbocycles. The number of rotatable bonds is 12. The molecule has 0 spiro atoms. The predicted molar refractivity (Wildman–Crippen MR) is 138 cm³/mol. The summed E-state index contributed by atoms with van der Waals surface area (Å²) in [5.41, 5.74) is 8.08. The maximum atomic E-state index is 9.70. The number of nitrogens with zero attached hydrogens (tertiary/aromatic N) is 3. The van der Waals surface area contributed by atoms with E-state index in [-0.39, 0.29) is 6.10 Å². The zero-order chi connectivity index (χ0) is 25.9. The average molecular weight is 506 g/mol. The molecule has 0 radical (unpaired) electrons. The lowest BCUT2D eigenvalue weighted by molar-refractivity contribution is 0.0254. The summed E-state index contributed by atoms with van der Waals surface area (Å²) in [7, 11) is 1.58. The molecule has 1 aliphatic heterocycles. The van der Waals surface area contributed by atoms with Crippen LogP contribution in [0.1, 0.15) is 18.4 Å². The number of aromatic nitrogens is 2. The number of hydrogen-bond donors (Lipinski definition) is 2. The Morgan fingerprint density at radius 1 is 1.05 bits per heavy atom. The first-order valence-corrected chi connectivity index (χ1v) is 12.2. The molecular formula is C27H31N5O5. The molecule has 1 saturated heterocycles. The van der Waals surface area contributed by atoms with Gasteiger partial charge in [0.15, 0.2) is 11.5 Å². The van der Waals surface area contributed by atoms with E-state index in [0.29, 0.717) is 74.0 Å². The summed E-state index contributed by atoms with van der Waals surface area (Å²) in [6.07, 6.45) is 3.35. The van der Waals surface area contributed by atoms with Gasteiger partial charge in [0.25, 0.3) is 0 Å². The van der Waals surface area contributed by atoms with E-state index >= 15 is 0 Å². The molecule has 0 amide bonds. The van der Waals surface area contributed by atoms with E-state index in [4.69, 9.17) is 29.4 Å². The Labute approximate surface area is 216 Å². The molecule has 4 rings (SSSR count). The lowest BCUT2D eigenvalue weighted by Gasteiger charge is -2.23. The van der Waals surface area contributed by atoms with Crippen LogP contribution in [0.5, 0.6) is 17.2 Å². The van der Waals surface area contributed by atoms with Crippen molar-refractivity contribution >= 4 is 11.6 Å². The molecule has 10 heteroatoms. The Morgan fingerprint density at radius 3 is 2.68 bits per heavy atom. The fourth-order valence-electron chi connectivity index (χ4n) is 3.82. The number of nitrogens with two attached hydrogens (primary N) is 1. The Hall–Kier alpha value is -3.91. The molecule has 0 saturated carbocycles. The maximum absolute atomic E-state index is 9.70. The zero-order valence-corrected chi connectivity index (χ0v) is 20.8. The second-order valence-corrected chi connectivity index (χ2v) is 8.26. The van der Waals surface area contributed by atoms with Gasteiger partial charge < -0.3 is 34.7 Å². The van der Waals surface area contributed by atoms with Gasteiger partial charge in [-0.25, -0.2) is 9.97 Å². The first-order chi connectivity index (χ1) is 18.2. The lowest BCUT2D eigenvalue weighted by atomic mass is 10.1. The summed E-state index contributed by atoms with van der Waals surface area (Å²) in [4.78, 5) is 8.96. The van der Waals surface area contributed by atoms with Crippen molar-refractivity contribution in [3.63, 3.8) is 0 Å². The second-order valence-electron chi connectivity index (χ2n) is 8.26. The van der Waals surface area contributed by atoms with E-state index in [9.17, 15) is 5.26 Å². The number of nitrogens with one attached hydrogen (secondary N) is 1. The Balaban J connectivity index is 1.44. The molecule has 3 N–H and O–H groups in total. The third-order valence-electron chi connectivity index (χ3n) is 5.68. The standard InChI is InChI=1S/C27H31N5O5/c1-33-26-17-21(3-5-25(26)36-15-14-35-13-9-28)31-27-30-10-6-23(32-27)19-2-4-24(20(16-19)18-29)37-22-7-11-34-12-8-22/h2-6,10,16-17,22H,7-9,11-15,28H2,1H3,(H,30,31,32). The summed E-state index contributed by atoms with van der Waals surface area (Å²) in [6, 6.07) is 15.0. The number of methoxy groups -OCH3 is 1. The van der Waals surface area contributed by atoms with Crippen LogP contribution in [-0.4, -0.2) is 62.8 Å². The van der Waals surface area contributed by atoms with Gasteiger partial charge in [-0.15, -0.1) is 0 Å². The highest BCUT2D eigenvalue weighted by atomic mass is 16.5. The van der Waals surface area contributed by atoms with Crippen molar-refractivity contribution in [1.29, 1.82) is 5.26 Å².